The minimum Gasteiger partial charge on any atom is -0.493 e. The number of rotatable bonds is 9. The third kappa shape index (κ3) is 6.22. The second-order valence-electron chi connectivity index (χ2n) is 7.16. The summed E-state index contributed by atoms with van der Waals surface area (Å²) in [4.78, 5) is 12.3. The van der Waals surface area contributed by atoms with E-state index in [1.54, 1.807) is 13.2 Å². The van der Waals surface area contributed by atoms with Crippen LogP contribution in [0.4, 0.5) is 5.69 Å². The third-order valence-electron chi connectivity index (χ3n) is 4.21. The van der Waals surface area contributed by atoms with Gasteiger partial charge in [0.05, 0.1) is 13.7 Å². The van der Waals surface area contributed by atoms with Crippen molar-refractivity contribution in [2.24, 2.45) is 0 Å². The van der Waals surface area contributed by atoms with E-state index in [0.717, 1.165) is 15.6 Å². The molecule has 0 bridgehead atoms. The van der Waals surface area contributed by atoms with Crippen molar-refractivity contribution in [3.8, 4) is 11.5 Å². The maximum atomic E-state index is 12.3. The summed E-state index contributed by atoms with van der Waals surface area (Å²) in [7, 11) is 1.55. The minimum absolute atomic E-state index is 0.0102. The molecule has 0 heterocycles. The van der Waals surface area contributed by atoms with Crippen LogP contribution in [0.25, 0.3) is 0 Å². The molecule has 0 radical (unpaired) electrons. The monoisotopic (exact) mass is 450 g/mol. The Hall–Kier alpha value is -2.09. The number of hydrogen-bond donors (Lipinski definition) is 3. The van der Waals surface area contributed by atoms with Gasteiger partial charge in [-0.05, 0) is 45.0 Å². The van der Waals surface area contributed by atoms with Crippen LogP contribution >= 0.6 is 15.9 Å². The Morgan fingerprint density at radius 2 is 1.86 bits per heavy atom. The summed E-state index contributed by atoms with van der Waals surface area (Å²) in [6.07, 6.45) is 0. The van der Waals surface area contributed by atoms with E-state index in [0.29, 0.717) is 23.7 Å². The summed E-state index contributed by atoms with van der Waals surface area (Å²) in [5.41, 5.74) is 2.19. The number of halogens is 1. The molecule has 1 amide bonds. The van der Waals surface area contributed by atoms with Crippen LogP contribution in [0.15, 0.2) is 40.9 Å². The summed E-state index contributed by atoms with van der Waals surface area (Å²) < 4.78 is 12.1. The lowest BCUT2D eigenvalue weighted by atomic mass is 10.1. The first kappa shape index (κ1) is 22.2. The lowest BCUT2D eigenvalue weighted by molar-refractivity contribution is -0.118. The number of ether oxygens (including phenoxy) is 2. The number of aryl methyl sites for hydroxylation is 1. The van der Waals surface area contributed by atoms with E-state index in [9.17, 15) is 9.90 Å². The smallest absolute Gasteiger partial charge is 0.262 e. The Morgan fingerprint density at radius 3 is 2.46 bits per heavy atom. The highest BCUT2D eigenvalue weighted by Crippen LogP contribution is 2.36. The second kappa shape index (κ2) is 9.91. The molecule has 7 heteroatoms. The van der Waals surface area contributed by atoms with Crippen LogP contribution in [0, 0.1) is 6.92 Å². The molecule has 0 spiro atoms. The fourth-order valence-electron chi connectivity index (χ4n) is 2.42. The molecule has 6 nitrogen and oxygen atoms in total. The normalized spacial score (nSPS) is 11.2. The summed E-state index contributed by atoms with van der Waals surface area (Å²) in [5.74, 6) is 0.752. The average Bonchev–Trinajstić information content (AvgIpc) is 2.67. The zero-order valence-corrected chi connectivity index (χ0v) is 18.2. The zero-order chi connectivity index (χ0) is 20.7. The van der Waals surface area contributed by atoms with E-state index in [1.807, 2.05) is 51.1 Å². The number of carbonyl (C=O) groups excluding carboxylic acids is 1. The quantitative estimate of drug-likeness (QED) is 0.543. The van der Waals surface area contributed by atoms with E-state index in [4.69, 9.17) is 9.47 Å². The van der Waals surface area contributed by atoms with Gasteiger partial charge in [0.2, 0.25) is 0 Å². The maximum absolute atomic E-state index is 12.3. The summed E-state index contributed by atoms with van der Waals surface area (Å²) in [6, 6.07) is 11.2. The van der Waals surface area contributed by atoms with Crippen molar-refractivity contribution >= 4 is 27.5 Å². The first-order chi connectivity index (χ1) is 13.3. The standard InChI is InChI=1S/C21H27BrN2O4/c1-14-5-7-15(8-6-14)24-19(26)12-28-20-16(11-23-21(2,3)13-25)17(22)9-10-18(20)27-4/h5-10,23,25H,11-13H2,1-4H3,(H,24,26). The van der Waals surface area contributed by atoms with Crippen LogP contribution in [0.3, 0.4) is 0 Å². The molecule has 3 N–H and O–H groups in total. The fraction of sp³-hybridized carbons (Fsp3) is 0.381. The van der Waals surface area contributed by atoms with Gasteiger partial charge in [-0.3, -0.25) is 4.79 Å². The van der Waals surface area contributed by atoms with Gasteiger partial charge in [-0.15, -0.1) is 0 Å². The lowest BCUT2D eigenvalue weighted by Gasteiger charge is -2.25. The molecule has 0 aliphatic rings. The van der Waals surface area contributed by atoms with Gasteiger partial charge in [-0.25, -0.2) is 0 Å². The number of aliphatic hydroxyl groups is 1. The Balaban J connectivity index is 2.12. The summed E-state index contributed by atoms with van der Waals surface area (Å²) in [5, 5.41) is 15.5. The molecule has 2 aromatic carbocycles. The van der Waals surface area contributed by atoms with Gasteiger partial charge in [-0.2, -0.15) is 0 Å². The lowest BCUT2D eigenvalue weighted by Crippen LogP contribution is -2.42. The van der Waals surface area contributed by atoms with Crippen LogP contribution in [0.2, 0.25) is 0 Å². The molecule has 0 fully saturated rings. The predicted molar refractivity (Wildman–Crippen MR) is 114 cm³/mol. The van der Waals surface area contributed by atoms with Crippen molar-refractivity contribution in [3.63, 3.8) is 0 Å². The maximum Gasteiger partial charge on any atom is 0.262 e. The highest BCUT2D eigenvalue weighted by molar-refractivity contribution is 9.10. The predicted octanol–water partition coefficient (Wildman–Crippen LogP) is 3.64. The molecule has 0 saturated carbocycles. The van der Waals surface area contributed by atoms with Crippen LogP contribution in [-0.2, 0) is 11.3 Å². The highest BCUT2D eigenvalue weighted by atomic mass is 79.9. The van der Waals surface area contributed by atoms with E-state index >= 15 is 0 Å². The van der Waals surface area contributed by atoms with Gasteiger partial charge in [0.15, 0.2) is 18.1 Å². The number of benzene rings is 2. The second-order valence-corrected chi connectivity index (χ2v) is 8.01. The van der Waals surface area contributed by atoms with Crippen LogP contribution in [0.1, 0.15) is 25.0 Å². The van der Waals surface area contributed by atoms with Gasteiger partial charge in [0.1, 0.15) is 0 Å². The van der Waals surface area contributed by atoms with E-state index < -0.39 is 5.54 Å². The molecular weight excluding hydrogens is 424 g/mol. The van der Waals surface area contributed by atoms with Crippen molar-refractivity contribution in [2.45, 2.75) is 32.9 Å². The minimum atomic E-state index is -0.456. The van der Waals surface area contributed by atoms with Crippen molar-refractivity contribution in [1.82, 2.24) is 5.32 Å². The van der Waals surface area contributed by atoms with Gasteiger partial charge < -0.3 is 25.2 Å². The Morgan fingerprint density at radius 1 is 1.18 bits per heavy atom. The Labute approximate surface area is 174 Å². The van der Waals surface area contributed by atoms with Crippen LogP contribution in [0.5, 0.6) is 11.5 Å². The SMILES string of the molecule is COc1ccc(Br)c(CNC(C)(C)CO)c1OCC(=O)Nc1ccc(C)cc1. The summed E-state index contributed by atoms with van der Waals surface area (Å²) >= 11 is 3.53. The van der Waals surface area contributed by atoms with Crippen molar-refractivity contribution in [3.05, 3.63) is 52.0 Å². The Kier molecular flexibility index (Phi) is 7.86. The Bertz CT molecular complexity index is 807. The number of methoxy groups -OCH3 is 1. The zero-order valence-electron chi connectivity index (χ0n) is 16.6. The molecule has 0 atom stereocenters. The average molecular weight is 451 g/mol. The van der Waals surface area contributed by atoms with Gasteiger partial charge in [0, 0.05) is 27.8 Å². The summed E-state index contributed by atoms with van der Waals surface area (Å²) in [6.45, 7) is 6.05. The number of carbonyl (C=O) groups is 1. The number of hydrogen-bond acceptors (Lipinski definition) is 5. The van der Waals surface area contributed by atoms with E-state index in [-0.39, 0.29) is 19.1 Å². The molecule has 0 aliphatic heterocycles. The van der Waals surface area contributed by atoms with Gasteiger partial charge >= 0.3 is 0 Å². The van der Waals surface area contributed by atoms with Gasteiger partial charge in [0.25, 0.3) is 5.91 Å². The molecular formula is C21H27BrN2O4. The number of aliphatic hydroxyl groups excluding tert-OH is 1. The first-order valence-electron chi connectivity index (χ1n) is 8.96. The highest BCUT2D eigenvalue weighted by Gasteiger charge is 2.20. The van der Waals surface area contributed by atoms with Crippen molar-refractivity contribution < 1.29 is 19.4 Å². The molecule has 2 aromatic rings. The van der Waals surface area contributed by atoms with E-state index in [2.05, 4.69) is 26.6 Å². The molecule has 152 valence electrons. The molecule has 0 saturated heterocycles. The largest absolute Gasteiger partial charge is 0.493 e. The van der Waals surface area contributed by atoms with E-state index in [1.165, 1.54) is 0 Å². The number of amides is 1. The number of anilines is 1. The molecule has 0 aliphatic carbocycles. The van der Waals surface area contributed by atoms with Crippen LogP contribution < -0.4 is 20.1 Å². The topological polar surface area (TPSA) is 79.8 Å². The first-order valence-corrected chi connectivity index (χ1v) is 9.75. The van der Waals surface area contributed by atoms with Crippen molar-refractivity contribution in [2.75, 3.05) is 25.6 Å². The van der Waals surface area contributed by atoms with Gasteiger partial charge in [-0.1, -0.05) is 33.6 Å². The molecule has 0 unspecified atom stereocenters. The van der Waals surface area contributed by atoms with Crippen LogP contribution in [-0.4, -0.2) is 36.9 Å². The molecule has 0 aromatic heterocycles. The molecule has 2 rings (SSSR count). The number of nitrogens with one attached hydrogen (secondary N) is 2. The fourth-order valence-corrected chi connectivity index (χ4v) is 2.87. The third-order valence-corrected chi connectivity index (χ3v) is 4.95. The van der Waals surface area contributed by atoms with Crippen molar-refractivity contribution in [1.29, 1.82) is 0 Å². The molecule has 28 heavy (non-hydrogen) atoms.